The molecule has 1 fully saturated rings. The molecule has 2 aromatic heterocycles. The Hall–Kier alpha value is -1.85. The van der Waals surface area contributed by atoms with Crippen molar-refractivity contribution in [2.24, 2.45) is 0 Å². The minimum absolute atomic E-state index is 0. The third kappa shape index (κ3) is 13.5. The number of alkyl halides is 3. The van der Waals surface area contributed by atoms with Crippen molar-refractivity contribution in [2.45, 2.75) is 56.4 Å². The summed E-state index contributed by atoms with van der Waals surface area (Å²) in [6.07, 6.45) is 7.57. The van der Waals surface area contributed by atoms with E-state index in [1.54, 1.807) is 0 Å². The first kappa shape index (κ1) is 46.1. The van der Waals surface area contributed by atoms with Crippen LogP contribution in [0, 0.1) is 24.5 Å². The fourth-order valence-electron chi connectivity index (χ4n) is 4.22. The number of pyridine rings is 1. The van der Waals surface area contributed by atoms with Gasteiger partial charge in [0.15, 0.2) is 0 Å². The second-order valence-electron chi connectivity index (χ2n) is 9.58. The van der Waals surface area contributed by atoms with Gasteiger partial charge in [-0.05, 0) is 57.0 Å². The van der Waals surface area contributed by atoms with Gasteiger partial charge >= 0.3 is 65.3 Å². The molecule has 0 spiro atoms. The molecule has 0 N–H and O–H groups in total. The van der Waals surface area contributed by atoms with Gasteiger partial charge in [0.2, 0.25) is 22.3 Å². The standard InChI is InChI=1S/C13H11F4N4O5P.C12H16FNO2S.C2H2.2Na/c14-10-4-18-11(9-2-19-12(20-3-9)13(15,16)17)1-8(10)5-21(6-22)7-26-27(23,24)25;1-9-3-4-10(2)14(9)17(15,16)12-7-5-11(13)6-8-12;1-2;;/h1-4,6H,5,7H2,(H2,23,24,25);5-10H,3-4H2,1-2H3;1-2H;;/q;;;2*+1/p-2/t;9-,10+;;;. The van der Waals surface area contributed by atoms with Crippen LogP contribution in [0.3, 0.4) is 0 Å². The number of sulfonamides is 1. The second-order valence-corrected chi connectivity index (χ2v) is 12.6. The largest absolute Gasteiger partial charge is 1.00 e. The van der Waals surface area contributed by atoms with E-state index in [0.717, 1.165) is 37.5 Å². The van der Waals surface area contributed by atoms with Gasteiger partial charge in [-0.25, -0.2) is 27.2 Å². The summed E-state index contributed by atoms with van der Waals surface area (Å²) in [4.78, 5) is 42.6. The molecule has 0 bridgehead atoms. The first-order chi connectivity index (χ1) is 21.4. The van der Waals surface area contributed by atoms with E-state index in [9.17, 15) is 49.5 Å². The number of benzene rings is 1. The zero-order valence-corrected chi connectivity index (χ0v) is 31.9. The van der Waals surface area contributed by atoms with Crippen molar-refractivity contribution >= 4 is 24.3 Å². The van der Waals surface area contributed by atoms with E-state index in [0.29, 0.717) is 4.90 Å². The monoisotopic (exact) mass is 737 g/mol. The summed E-state index contributed by atoms with van der Waals surface area (Å²) >= 11 is 0. The number of phosphoric acid groups is 1. The first-order valence-corrected chi connectivity index (χ1v) is 15.8. The van der Waals surface area contributed by atoms with Gasteiger partial charge in [0.05, 0.1) is 31.2 Å². The molecule has 48 heavy (non-hydrogen) atoms. The minimum atomic E-state index is -5.34. The number of hydrogen-bond acceptors (Lipinski definition) is 10. The number of phosphoric ester groups is 1. The molecule has 0 unspecified atom stereocenters. The topological polar surface area (TPSA) is 169 Å². The molecule has 21 heteroatoms. The predicted octanol–water partition coefficient (Wildman–Crippen LogP) is -2.90. The van der Waals surface area contributed by atoms with Crippen molar-refractivity contribution in [3.8, 4) is 24.1 Å². The molecule has 3 aromatic rings. The Balaban J connectivity index is 0.000000910. The SMILES string of the molecule is C#C.C[C@@H]1CC[C@H](C)N1S(=O)(=O)c1ccc(F)cc1.O=CN(COP(=O)([O-])[O-])Cc1cc(-c2cnc(C(F)(F)F)nc2)ncc1F.[Na+].[Na+]. The number of nitrogens with zero attached hydrogens (tertiary/aromatic N) is 5. The summed E-state index contributed by atoms with van der Waals surface area (Å²) in [5, 5.41) is 0. The molecular weight excluding hydrogens is 710 g/mol. The molecular formula is C27H27F5N5Na2O7PS. The van der Waals surface area contributed by atoms with E-state index in [-0.39, 0.29) is 99.3 Å². The normalized spacial score (nSPS) is 16.1. The summed E-state index contributed by atoms with van der Waals surface area (Å²) in [5.74, 6) is -2.67. The number of carbonyl (C=O) groups excluding carboxylic acids is 1. The molecule has 0 radical (unpaired) electrons. The summed E-state index contributed by atoms with van der Waals surface area (Å²) in [6, 6.07) is 6.13. The van der Waals surface area contributed by atoms with Crippen molar-refractivity contribution in [2.75, 3.05) is 6.73 Å². The molecule has 0 saturated carbocycles. The Morgan fingerprint density at radius 1 is 1.02 bits per heavy atom. The van der Waals surface area contributed by atoms with Crippen LogP contribution in [0.4, 0.5) is 22.0 Å². The first-order valence-electron chi connectivity index (χ1n) is 12.9. The Bertz CT molecular complexity index is 1640. The zero-order chi connectivity index (χ0) is 34.9. The Labute approximate surface area is 318 Å². The number of terminal acetylenes is 1. The van der Waals surface area contributed by atoms with Crippen molar-refractivity contribution < 1.29 is 113 Å². The third-order valence-electron chi connectivity index (χ3n) is 6.30. The van der Waals surface area contributed by atoms with E-state index < -0.39 is 54.8 Å². The minimum Gasteiger partial charge on any atom is -0.790 e. The van der Waals surface area contributed by atoms with Crippen LogP contribution >= 0.6 is 7.82 Å². The average Bonchev–Trinajstić information content (AvgIpc) is 3.35. The van der Waals surface area contributed by atoms with E-state index in [1.165, 1.54) is 28.6 Å². The van der Waals surface area contributed by atoms with Crippen molar-refractivity contribution in [1.82, 2.24) is 24.2 Å². The van der Waals surface area contributed by atoms with Crippen LogP contribution in [0.15, 0.2) is 53.8 Å². The Kier molecular flexibility index (Phi) is 19.3. The Morgan fingerprint density at radius 2 is 1.54 bits per heavy atom. The number of carbonyl (C=O) groups is 1. The molecule has 1 amide bonds. The summed E-state index contributed by atoms with van der Waals surface area (Å²) < 4.78 is 105. The van der Waals surface area contributed by atoms with E-state index in [1.807, 2.05) is 13.8 Å². The maximum atomic E-state index is 13.9. The van der Waals surface area contributed by atoms with Crippen LogP contribution in [0.2, 0.25) is 0 Å². The fraction of sp³-hybridized carbons (Fsp3) is 0.333. The van der Waals surface area contributed by atoms with E-state index >= 15 is 0 Å². The van der Waals surface area contributed by atoms with Gasteiger partial charge in [0.1, 0.15) is 18.4 Å². The molecule has 250 valence electrons. The van der Waals surface area contributed by atoms with Crippen LogP contribution in [-0.4, -0.2) is 57.8 Å². The molecule has 12 nitrogen and oxygen atoms in total. The van der Waals surface area contributed by atoms with Gasteiger partial charge in [-0.3, -0.25) is 9.78 Å². The zero-order valence-electron chi connectivity index (χ0n) is 26.2. The number of rotatable bonds is 9. The maximum absolute atomic E-state index is 13.9. The smallest absolute Gasteiger partial charge is 0.790 e. The molecule has 2 atom stereocenters. The van der Waals surface area contributed by atoms with Crippen LogP contribution in [0.5, 0.6) is 0 Å². The molecule has 1 aliphatic heterocycles. The molecule has 3 heterocycles. The summed E-state index contributed by atoms with van der Waals surface area (Å²) in [5.41, 5.74) is -0.116. The molecule has 4 rings (SSSR count). The number of halogens is 5. The Morgan fingerprint density at radius 3 is 2.00 bits per heavy atom. The maximum Gasteiger partial charge on any atom is 1.00 e. The van der Waals surface area contributed by atoms with Crippen molar-refractivity contribution in [3.63, 3.8) is 0 Å². The average molecular weight is 738 g/mol. The van der Waals surface area contributed by atoms with Crippen molar-refractivity contribution in [1.29, 1.82) is 0 Å². The quantitative estimate of drug-likeness (QED) is 0.0555. The van der Waals surface area contributed by atoms with Gasteiger partial charge in [-0.2, -0.15) is 17.5 Å². The molecule has 1 saturated heterocycles. The summed E-state index contributed by atoms with van der Waals surface area (Å²) in [7, 11) is -8.83. The summed E-state index contributed by atoms with van der Waals surface area (Å²) in [6.45, 7) is 2.38. The molecule has 0 aliphatic carbocycles. The van der Waals surface area contributed by atoms with Gasteiger partial charge in [0.25, 0.3) is 0 Å². The van der Waals surface area contributed by atoms with E-state index in [2.05, 4.69) is 32.3 Å². The van der Waals surface area contributed by atoms with Crippen LogP contribution in [0.1, 0.15) is 38.1 Å². The van der Waals surface area contributed by atoms with Gasteiger partial charge < -0.3 is 23.8 Å². The predicted molar refractivity (Wildman–Crippen MR) is 149 cm³/mol. The number of amides is 1. The second kappa shape index (κ2) is 20.1. The molecule has 1 aliphatic rings. The number of aromatic nitrogens is 3. The third-order valence-corrected chi connectivity index (χ3v) is 8.87. The molecule has 1 aromatic carbocycles. The van der Waals surface area contributed by atoms with Crippen LogP contribution in [-0.2, 0) is 36.6 Å². The van der Waals surface area contributed by atoms with Gasteiger partial charge in [0, 0.05) is 35.6 Å². The van der Waals surface area contributed by atoms with Gasteiger partial charge in [-0.1, -0.05) is 0 Å². The fourth-order valence-corrected chi connectivity index (χ4v) is 6.39. The van der Waals surface area contributed by atoms with Crippen LogP contribution in [0.25, 0.3) is 11.3 Å². The van der Waals surface area contributed by atoms with Gasteiger partial charge in [-0.15, -0.1) is 12.8 Å². The van der Waals surface area contributed by atoms with Crippen molar-refractivity contribution in [3.05, 3.63) is 71.9 Å². The number of hydrogen-bond donors (Lipinski definition) is 0. The van der Waals surface area contributed by atoms with E-state index in [4.69, 9.17) is 0 Å². The van der Waals surface area contributed by atoms with Crippen LogP contribution < -0.4 is 68.9 Å².